The van der Waals surface area contributed by atoms with Gasteiger partial charge in [-0.2, -0.15) is 0 Å². The first kappa shape index (κ1) is 22.4. The van der Waals surface area contributed by atoms with Crippen LogP contribution in [-0.2, 0) is 9.53 Å². The zero-order valence-corrected chi connectivity index (χ0v) is 18.8. The van der Waals surface area contributed by atoms with Crippen molar-refractivity contribution in [2.24, 2.45) is 0 Å². The molecule has 0 atom stereocenters. The van der Waals surface area contributed by atoms with E-state index >= 15 is 0 Å². The molecule has 0 aliphatic rings. The Hall–Kier alpha value is -3.32. The van der Waals surface area contributed by atoms with Crippen molar-refractivity contribution in [2.75, 3.05) is 25.6 Å². The van der Waals surface area contributed by atoms with E-state index in [9.17, 15) is 9.59 Å². The third kappa shape index (κ3) is 5.44. The molecule has 0 saturated heterocycles. The van der Waals surface area contributed by atoms with E-state index in [0.717, 1.165) is 16.7 Å². The second-order valence-electron chi connectivity index (χ2n) is 6.89. The van der Waals surface area contributed by atoms with Crippen LogP contribution in [0.4, 0.5) is 5.00 Å². The van der Waals surface area contributed by atoms with Gasteiger partial charge in [-0.1, -0.05) is 18.2 Å². The summed E-state index contributed by atoms with van der Waals surface area (Å²) in [5, 5.41) is 5.09. The molecule has 0 saturated carbocycles. The number of ether oxygens (including phenoxy) is 3. The Balaban J connectivity index is 1.79. The highest BCUT2D eigenvalue weighted by molar-refractivity contribution is 7.15. The Bertz CT molecular complexity index is 1070. The summed E-state index contributed by atoms with van der Waals surface area (Å²) in [5.74, 6) is 0.412. The zero-order valence-electron chi connectivity index (χ0n) is 18.0. The van der Waals surface area contributed by atoms with Crippen LogP contribution in [0.5, 0.6) is 11.5 Å². The van der Waals surface area contributed by atoms with Crippen LogP contribution in [0.15, 0.2) is 47.8 Å². The minimum Gasteiger partial charge on any atom is -0.497 e. The number of benzene rings is 2. The van der Waals surface area contributed by atoms with Gasteiger partial charge in [0.05, 0.1) is 13.7 Å². The molecule has 6 nitrogen and oxygen atoms in total. The lowest BCUT2D eigenvalue weighted by molar-refractivity contribution is -0.118. The molecule has 2 aromatic carbocycles. The second-order valence-corrected chi connectivity index (χ2v) is 7.77. The largest absolute Gasteiger partial charge is 0.497 e. The van der Waals surface area contributed by atoms with Gasteiger partial charge < -0.3 is 19.5 Å². The lowest BCUT2D eigenvalue weighted by Gasteiger charge is -2.10. The quantitative estimate of drug-likeness (QED) is 0.486. The summed E-state index contributed by atoms with van der Waals surface area (Å²) in [4.78, 5) is 25.2. The molecule has 7 heteroatoms. The summed E-state index contributed by atoms with van der Waals surface area (Å²) in [6, 6.07) is 12.9. The summed E-state index contributed by atoms with van der Waals surface area (Å²) in [6.45, 7) is 5.86. The van der Waals surface area contributed by atoms with E-state index in [2.05, 4.69) is 5.32 Å². The minimum atomic E-state index is -0.469. The number of esters is 1. The molecule has 1 aromatic heterocycles. The van der Waals surface area contributed by atoms with Crippen molar-refractivity contribution in [3.63, 3.8) is 0 Å². The van der Waals surface area contributed by atoms with E-state index in [1.54, 1.807) is 38.3 Å². The summed E-state index contributed by atoms with van der Waals surface area (Å²) >= 11 is 1.29. The number of rotatable bonds is 8. The Kier molecular flexibility index (Phi) is 7.31. The molecule has 3 aromatic rings. The molecule has 0 aliphatic carbocycles. The van der Waals surface area contributed by atoms with Gasteiger partial charge >= 0.3 is 5.97 Å². The Labute approximate surface area is 185 Å². The SMILES string of the molecule is CCOC(=O)c1c(-c2ccc(C)c(C)c2)csc1NC(=O)COc1ccc(OC)cc1. The summed E-state index contributed by atoms with van der Waals surface area (Å²) < 4.78 is 15.9. The molecule has 0 aliphatic heterocycles. The van der Waals surface area contributed by atoms with Crippen molar-refractivity contribution in [2.45, 2.75) is 20.8 Å². The summed E-state index contributed by atoms with van der Waals surface area (Å²) in [7, 11) is 1.58. The first-order valence-corrected chi connectivity index (χ1v) is 10.7. The topological polar surface area (TPSA) is 73.9 Å². The van der Waals surface area contributed by atoms with Crippen molar-refractivity contribution >= 4 is 28.2 Å². The van der Waals surface area contributed by atoms with Crippen LogP contribution < -0.4 is 14.8 Å². The standard InChI is InChI=1S/C24H25NO5S/c1-5-29-24(27)22-20(17-7-6-15(2)16(3)12-17)14-31-23(22)25-21(26)13-30-19-10-8-18(28-4)9-11-19/h6-12,14H,5,13H2,1-4H3,(H,25,26). The first-order chi connectivity index (χ1) is 14.9. The highest BCUT2D eigenvalue weighted by atomic mass is 32.1. The number of carbonyl (C=O) groups is 2. The molecule has 1 amide bonds. The maximum absolute atomic E-state index is 12.7. The Morgan fingerprint density at radius 3 is 2.35 bits per heavy atom. The van der Waals surface area contributed by atoms with Gasteiger partial charge in [0.25, 0.3) is 5.91 Å². The predicted octanol–water partition coefficient (Wildman–Crippen LogP) is 5.23. The second kappa shape index (κ2) is 10.1. The maximum atomic E-state index is 12.7. The fourth-order valence-electron chi connectivity index (χ4n) is 2.96. The van der Waals surface area contributed by atoms with E-state index < -0.39 is 5.97 Å². The number of hydrogen-bond donors (Lipinski definition) is 1. The monoisotopic (exact) mass is 439 g/mol. The minimum absolute atomic E-state index is 0.189. The highest BCUT2D eigenvalue weighted by Gasteiger charge is 2.23. The molecule has 0 radical (unpaired) electrons. The molecule has 0 unspecified atom stereocenters. The van der Waals surface area contributed by atoms with E-state index in [-0.39, 0.29) is 19.1 Å². The van der Waals surface area contributed by atoms with Crippen molar-refractivity contribution in [3.8, 4) is 22.6 Å². The van der Waals surface area contributed by atoms with Crippen molar-refractivity contribution in [1.29, 1.82) is 0 Å². The first-order valence-electron chi connectivity index (χ1n) is 9.85. The normalized spacial score (nSPS) is 10.5. The fraction of sp³-hybridized carbons (Fsp3) is 0.250. The van der Waals surface area contributed by atoms with Gasteiger partial charge in [0.1, 0.15) is 22.1 Å². The average Bonchev–Trinajstić information content (AvgIpc) is 3.18. The number of nitrogens with one attached hydrogen (secondary N) is 1. The van der Waals surface area contributed by atoms with Crippen LogP contribution in [-0.4, -0.2) is 32.2 Å². The molecular formula is C24H25NO5S. The van der Waals surface area contributed by atoms with Crippen LogP contribution in [0, 0.1) is 13.8 Å². The number of anilines is 1. The number of hydrogen-bond acceptors (Lipinski definition) is 6. The molecule has 31 heavy (non-hydrogen) atoms. The zero-order chi connectivity index (χ0) is 22.4. The molecular weight excluding hydrogens is 414 g/mol. The molecule has 1 N–H and O–H groups in total. The Morgan fingerprint density at radius 1 is 1.00 bits per heavy atom. The van der Waals surface area contributed by atoms with E-state index in [0.29, 0.717) is 22.1 Å². The van der Waals surface area contributed by atoms with Gasteiger partial charge in [0.15, 0.2) is 6.61 Å². The lowest BCUT2D eigenvalue weighted by atomic mass is 9.99. The number of carbonyl (C=O) groups excluding carboxylic acids is 2. The number of thiophene rings is 1. The summed E-state index contributed by atoms with van der Waals surface area (Å²) in [5.41, 5.74) is 4.28. The van der Waals surface area contributed by atoms with E-state index in [1.807, 2.05) is 37.4 Å². The van der Waals surface area contributed by atoms with Crippen molar-refractivity contribution in [1.82, 2.24) is 0 Å². The van der Waals surface area contributed by atoms with Gasteiger partial charge in [-0.05, 0) is 61.7 Å². The Morgan fingerprint density at radius 2 is 1.71 bits per heavy atom. The molecule has 0 fully saturated rings. The molecule has 162 valence electrons. The smallest absolute Gasteiger partial charge is 0.341 e. The van der Waals surface area contributed by atoms with Crippen LogP contribution in [0.1, 0.15) is 28.4 Å². The average molecular weight is 440 g/mol. The predicted molar refractivity (Wildman–Crippen MR) is 122 cm³/mol. The molecule has 0 spiro atoms. The van der Waals surface area contributed by atoms with E-state index in [1.165, 1.54) is 16.9 Å². The lowest BCUT2D eigenvalue weighted by Crippen LogP contribution is -2.21. The van der Waals surface area contributed by atoms with Crippen molar-refractivity contribution < 1.29 is 23.8 Å². The van der Waals surface area contributed by atoms with Crippen LogP contribution >= 0.6 is 11.3 Å². The maximum Gasteiger partial charge on any atom is 0.341 e. The van der Waals surface area contributed by atoms with Gasteiger partial charge in [0.2, 0.25) is 0 Å². The van der Waals surface area contributed by atoms with Crippen LogP contribution in [0.2, 0.25) is 0 Å². The van der Waals surface area contributed by atoms with Gasteiger partial charge in [0, 0.05) is 10.9 Å². The summed E-state index contributed by atoms with van der Waals surface area (Å²) in [6.07, 6.45) is 0. The van der Waals surface area contributed by atoms with Crippen LogP contribution in [0.25, 0.3) is 11.1 Å². The molecule has 1 heterocycles. The fourth-order valence-corrected chi connectivity index (χ4v) is 3.93. The third-order valence-corrected chi connectivity index (χ3v) is 5.67. The number of amides is 1. The van der Waals surface area contributed by atoms with Gasteiger partial charge in [-0.3, -0.25) is 4.79 Å². The number of aryl methyl sites for hydroxylation is 2. The molecule has 0 bridgehead atoms. The highest BCUT2D eigenvalue weighted by Crippen LogP contribution is 2.37. The van der Waals surface area contributed by atoms with E-state index in [4.69, 9.17) is 14.2 Å². The van der Waals surface area contributed by atoms with Gasteiger partial charge in [-0.15, -0.1) is 11.3 Å². The third-order valence-electron chi connectivity index (χ3n) is 4.77. The van der Waals surface area contributed by atoms with Crippen LogP contribution in [0.3, 0.4) is 0 Å². The number of methoxy groups -OCH3 is 1. The van der Waals surface area contributed by atoms with Gasteiger partial charge in [-0.25, -0.2) is 4.79 Å². The van der Waals surface area contributed by atoms with Crippen molar-refractivity contribution in [3.05, 3.63) is 64.5 Å². The molecule has 3 rings (SSSR count).